The molecule has 0 unspecified atom stereocenters. The van der Waals surface area contributed by atoms with E-state index < -0.39 is 0 Å². The summed E-state index contributed by atoms with van der Waals surface area (Å²) in [6.07, 6.45) is 4.62. The molecule has 0 aliphatic heterocycles. The number of aromatic nitrogens is 3. The summed E-state index contributed by atoms with van der Waals surface area (Å²) in [5, 5.41) is 9.48. The van der Waals surface area contributed by atoms with Crippen LogP contribution in [-0.2, 0) is 0 Å². The summed E-state index contributed by atoms with van der Waals surface area (Å²) in [6.45, 7) is 3.20. The molecule has 0 radical (unpaired) electrons. The lowest BCUT2D eigenvalue weighted by atomic mass is 9.86. The Hall–Kier alpha value is -1.27. The average Bonchev–Trinajstić information content (AvgIpc) is 3.11. The fourth-order valence-corrected chi connectivity index (χ4v) is 3.19. The van der Waals surface area contributed by atoms with Gasteiger partial charge in [0.1, 0.15) is 5.69 Å². The highest BCUT2D eigenvalue weighted by Crippen LogP contribution is 2.32. The molecular weight excluding hydrogens is 260 g/mol. The van der Waals surface area contributed by atoms with Crippen LogP contribution in [0.1, 0.15) is 44.4 Å². The van der Waals surface area contributed by atoms with Crippen LogP contribution in [0.4, 0.5) is 0 Å². The number of hydrogen-bond donors (Lipinski definition) is 1. The third-order valence-corrected chi connectivity index (χ3v) is 4.26. The summed E-state index contributed by atoms with van der Waals surface area (Å²) in [4.78, 5) is 8.70. The summed E-state index contributed by atoms with van der Waals surface area (Å²) < 4.78 is 5.41. The third kappa shape index (κ3) is 2.84. The molecule has 0 saturated heterocycles. The Labute approximate surface area is 116 Å². The van der Waals surface area contributed by atoms with Crippen molar-refractivity contribution in [1.29, 1.82) is 0 Å². The minimum Gasteiger partial charge on any atom is -0.339 e. The molecule has 102 valence electrons. The molecule has 3 rings (SSSR count). The first-order valence-electron chi connectivity index (χ1n) is 6.82. The molecule has 1 saturated carbocycles. The fourth-order valence-electron chi connectivity index (χ4n) is 2.66. The Morgan fingerprint density at radius 2 is 2.21 bits per heavy atom. The monoisotopic (exact) mass is 278 g/mol. The van der Waals surface area contributed by atoms with Crippen molar-refractivity contribution in [2.24, 2.45) is 0 Å². The van der Waals surface area contributed by atoms with Crippen molar-refractivity contribution in [1.82, 2.24) is 20.4 Å². The van der Waals surface area contributed by atoms with Crippen molar-refractivity contribution in [2.45, 2.75) is 44.6 Å². The van der Waals surface area contributed by atoms with Gasteiger partial charge in [0.2, 0.25) is 11.7 Å². The van der Waals surface area contributed by atoms with Gasteiger partial charge in [-0.1, -0.05) is 12.1 Å². The quantitative estimate of drug-likeness (QED) is 0.931. The van der Waals surface area contributed by atoms with E-state index in [1.807, 2.05) is 5.38 Å². The van der Waals surface area contributed by atoms with E-state index >= 15 is 0 Å². The summed E-state index contributed by atoms with van der Waals surface area (Å²) >= 11 is 1.54. The predicted molar refractivity (Wildman–Crippen MR) is 74.1 cm³/mol. The smallest absolute Gasteiger partial charge is 0.230 e. The highest BCUT2D eigenvalue weighted by Gasteiger charge is 2.26. The zero-order valence-electron chi connectivity index (χ0n) is 11.0. The third-order valence-electron chi connectivity index (χ3n) is 3.67. The standard InChI is InChI=1S/C13H18N4OS/c1-2-14-10-5-3-9(4-6-10)13-16-12(17-18-13)11-7-19-8-15-11/h7-10,14H,2-6H2,1H3. The molecular formula is C13H18N4OS. The van der Waals surface area contributed by atoms with Gasteiger partial charge < -0.3 is 9.84 Å². The second kappa shape index (κ2) is 5.79. The van der Waals surface area contributed by atoms with E-state index in [0.717, 1.165) is 31.0 Å². The van der Waals surface area contributed by atoms with E-state index in [-0.39, 0.29) is 0 Å². The number of hydrogen-bond acceptors (Lipinski definition) is 6. The molecule has 1 fully saturated rings. The number of rotatable bonds is 4. The molecule has 19 heavy (non-hydrogen) atoms. The topological polar surface area (TPSA) is 63.8 Å². The molecule has 0 bridgehead atoms. The van der Waals surface area contributed by atoms with Crippen LogP contribution >= 0.6 is 11.3 Å². The molecule has 0 amide bonds. The van der Waals surface area contributed by atoms with Crippen LogP contribution in [0.25, 0.3) is 11.5 Å². The Balaban J connectivity index is 1.64. The van der Waals surface area contributed by atoms with E-state index in [0.29, 0.717) is 17.8 Å². The minimum absolute atomic E-state index is 0.412. The van der Waals surface area contributed by atoms with Crippen LogP contribution in [0.3, 0.4) is 0 Å². The van der Waals surface area contributed by atoms with E-state index in [9.17, 15) is 0 Å². The van der Waals surface area contributed by atoms with E-state index in [2.05, 4.69) is 27.4 Å². The van der Waals surface area contributed by atoms with Gasteiger partial charge in [-0.15, -0.1) is 11.3 Å². The molecule has 0 atom stereocenters. The maximum absolute atomic E-state index is 5.41. The highest BCUT2D eigenvalue weighted by atomic mass is 32.1. The van der Waals surface area contributed by atoms with Gasteiger partial charge in [-0.05, 0) is 32.2 Å². The normalized spacial score (nSPS) is 23.6. The lowest BCUT2D eigenvalue weighted by Gasteiger charge is -2.26. The molecule has 2 aromatic heterocycles. The van der Waals surface area contributed by atoms with E-state index in [1.54, 1.807) is 16.8 Å². The number of nitrogens with zero attached hydrogens (tertiary/aromatic N) is 3. The van der Waals surface area contributed by atoms with Crippen molar-refractivity contribution >= 4 is 11.3 Å². The van der Waals surface area contributed by atoms with Crippen LogP contribution < -0.4 is 5.32 Å². The summed E-state index contributed by atoms with van der Waals surface area (Å²) in [5.74, 6) is 1.80. The molecule has 2 aromatic rings. The second-order valence-corrected chi connectivity index (χ2v) is 5.65. The molecule has 0 aromatic carbocycles. The summed E-state index contributed by atoms with van der Waals surface area (Å²) in [6, 6.07) is 0.655. The summed E-state index contributed by atoms with van der Waals surface area (Å²) in [5.41, 5.74) is 2.59. The average molecular weight is 278 g/mol. The van der Waals surface area contributed by atoms with Crippen LogP contribution in [0.15, 0.2) is 15.4 Å². The Morgan fingerprint density at radius 1 is 1.37 bits per heavy atom. The van der Waals surface area contributed by atoms with Crippen LogP contribution in [0.5, 0.6) is 0 Å². The van der Waals surface area contributed by atoms with Crippen LogP contribution in [0.2, 0.25) is 0 Å². The van der Waals surface area contributed by atoms with Gasteiger partial charge in [-0.3, -0.25) is 0 Å². The second-order valence-electron chi connectivity index (χ2n) is 4.94. The lowest BCUT2D eigenvalue weighted by molar-refractivity contribution is 0.284. The van der Waals surface area contributed by atoms with Gasteiger partial charge in [0.05, 0.1) is 5.51 Å². The zero-order chi connectivity index (χ0) is 13.1. The van der Waals surface area contributed by atoms with Crippen molar-refractivity contribution in [3.8, 4) is 11.5 Å². The number of nitrogens with one attached hydrogen (secondary N) is 1. The molecule has 2 heterocycles. The van der Waals surface area contributed by atoms with Crippen LogP contribution in [0, 0.1) is 0 Å². The van der Waals surface area contributed by atoms with Gasteiger partial charge in [-0.25, -0.2) is 4.98 Å². The first-order chi connectivity index (χ1) is 9.36. The minimum atomic E-state index is 0.412. The zero-order valence-corrected chi connectivity index (χ0v) is 11.8. The maximum atomic E-state index is 5.41. The van der Waals surface area contributed by atoms with Gasteiger partial charge >= 0.3 is 0 Å². The van der Waals surface area contributed by atoms with Gasteiger partial charge in [0.15, 0.2) is 0 Å². The van der Waals surface area contributed by atoms with Gasteiger partial charge in [-0.2, -0.15) is 4.98 Å². The summed E-state index contributed by atoms with van der Waals surface area (Å²) in [7, 11) is 0. The van der Waals surface area contributed by atoms with Crippen LogP contribution in [-0.4, -0.2) is 27.7 Å². The first-order valence-corrected chi connectivity index (χ1v) is 7.76. The Kier molecular flexibility index (Phi) is 3.89. The maximum Gasteiger partial charge on any atom is 0.230 e. The predicted octanol–water partition coefficient (Wildman–Crippen LogP) is 2.83. The lowest BCUT2D eigenvalue weighted by Crippen LogP contribution is -2.32. The van der Waals surface area contributed by atoms with Crippen molar-refractivity contribution < 1.29 is 4.52 Å². The molecule has 1 aliphatic rings. The van der Waals surface area contributed by atoms with Gasteiger partial charge in [0.25, 0.3) is 0 Å². The molecule has 0 spiro atoms. The Morgan fingerprint density at radius 3 is 2.89 bits per heavy atom. The molecule has 1 aliphatic carbocycles. The Bertz CT molecular complexity index is 502. The largest absolute Gasteiger partial charge is 0.339 e. The van der Waals surface area contributed by atoms with Crippen molar-refractivity contribution in [3.05, 3.63) is 16.8 Å². The van der Waals surface area contributed by atoms with E-state index in [4.69, 9.17) is 4.52 Å². The number of thiazole rings is 1. The SMILES string of the molecule is CCNC1CCC(c2nc(-c3cscn3)no2)CC1. The fraction of sp³-hybridized carbons (Fsp3) is 0.615. The van der Waals surface area contributed by atoms with Gasteiger partial charge in [0, 0.05) is 17.3 Å². The highest BCUT2D eigenvalue weighted by molar-refractivity contribution is 7.07. The van der Waals surface area contributed by atoms with Crippen molar-refractivity contribution in [2.75, 3.05) is 6.54 Å². The first kappa shape index (κ1) is 12.7. The molecule has 5 nitrogen and oxygen atoms in total. The van der Waals surface area contributed by atoms with Crippen molar-refractivity contribution in [3.63, 3.8) is 0 Å². The molecule has 6 heteroatoms. The molecule has 1 N–H and O–H groups in total. The van der Waals surface area contributed by atoms with E-state index in [1.165, 1.54) is 12.8 Å².